The van der Waals surface area contributed by atoms with Crippen molar-refractivity contribution in [1.29, 1.82) is 0 Å². The highest BCUT2D eigenvalue weighted by molar-refractivity contribution is 8.04. The second-order valence-electron chi connectivity index (χ2n) is 5.80. The van der Waals surface area contributed by atoms with Gasteiger partial charge in [0.05, 0.1) is 12.7 Å². The molecule has 1 aliphatic rings. The highest BCUT2D eigenvalue weighted by Gasteiger charge is 2.21. The first-order chi connectivity index (χ1) is 12.3. The number of nitrogens with one attached hydrogen (secondary N) is 1. The Balaban J connectivity index is 2.27. The van der Waals surface area contributed by atoms with Gasteiger partial charge in [-0.25, -0.2) is 4.79 Å². The smallest absolute Gasteiger partial charge is 0.342 e. The number of esters is 2. The van der Waals surface area contributed by atoms with Crippen LogP contribution in [0.15, 0.2) is 28.9 Å². The molecule has 7 nitrogen and oxygen atoms in total. The number of ether oxygens (including phenoxy) is 3. The normalized spacial score (nSPS) is 13.9. The van der Waals surface area contributed by atoms with Crippen LogP contribution in [0.3, 0.4) is 0 Å². The predicted octanol–water partition coefficient (Wildman–Crippen LogP) is 3.11. The van der Waals surface area contributed by atoms with Crippen molar-refractivity contribution in [2.24, 2.45) is 0 Å². The van der Waals surface area contributed by atoms with Crippen LogP contribution in [0.5, 0.6) is 5.75 Å². The van der Waals surface area contributed by atoms with Crippen LogP contribution >= 0.6 is 11.8 Å². The number of carbonyl (C=O) groups excluding carboxylic acids is 3. The number of thioether (sulfide) groups is 1. The van der Waals surface area contributed by atoms with Crippen molar-refractivity contribution < 1.29 is 28.6 Å². The van der Waals surface area contributed by atoms with Crippen molar-refractivity contribution in [3.8, 4) is 5.75 Å². The number of hydrogen-bond donors (Lipinski definition) is 1. The van der Waals surface area contributed by atoms with Gasteiger partial charge in [0.2, 0.25) is 0 Å². The number of hydrogen-bond acceptors (Lipinski definition) is 7. The monoisotopic (exact) mass is 379 g/mol. The summed E-state index contributed by atoms with van der Waals surface area (Å²) in [6, 6.07) is 4.41. The number of anilines is 1. The molecule has 8 heteroatoms. The zero-order valence-electron chi connectivity index (χ0n) is 15.1. The van der Waals surface area contributed by atoms with Crippen LogP contribution in [0, 0.1) is 0 Å². The maximum Gasteiger partial charge on any atom is 0.342 e. The molecule has 2 rings (SSSR count). The number of allylic oxidation sites excluding steroid dienone is 1. The van der Waals surface area contributed by atoms with E-state index in [9.17, 15) is 14.4 Å². The van der Waals surface area contributed by atoms with Crippen molar-refractivity contribution >= 4 is 35.3 Å². The van der Waals surface area contributed by atoms with E-state index in [1.165, 1.54) is 30.8 Å². The lowest BCUT2D eigenvalue weighted by molar-refractivity contribution is -0.131. The van der Waals surface area contributed by atoms with Gasteiger partial charge < -0.3 is 19.5 Å². The third kappa shape index (κ3) is 5.26. The molecule has 0 fully saturated rings. The van der Waals surface area contributed by atoms with Crippen LogP contribution in [0.1, 0.15) is 38.1 Å². The van der Waals surface area contributed by atoms with Crippen molar-refractivity contribution in [2.75, 3.05) is 17.7 Å². The van der Waals surface area contributed by atoms with Crippen LogP contribution in [-0.4, -0.2) is 36.3 Å². The summed E-state index contributed by atoms with van der Waals surface area (Å²) in [6.45, 7) is 6.96. The average Bonchev–Trinajstić information content (AvgIpc) is 2.55. The lowest BCUT2D eigenvalue weighted by atomic mass is 10.1. The minimum Gasteiger partial charge on any atom is -0.496 e. The molecule has 0 spiro atoms. The SMILES string of the molecule is CC(=O)Oc1ccc(NC(=O)C2=C(C)OCCS2)cc1C(=O)OC(C)C. The van der Waals surface area contributed by atoms with Gasteiger partial charge >= 0.3 is 11.9 Å². The summed E-state index contributed by atoms with van der Waals surface area (Å²) in [5.41, 5.74) is 0.443. The Morgan fingerprint density at radius 1 is 1.27 bits per heavy atom. The molecule has 0 saturated heterocycles. The molecule has 1 aromatic carbocycles. The number of benzene rings is 1. The number of carbonyl (C=O) groups is 3. The molecule has 1 aliphatic heterocycles. The maximum atomic E-state index is 12.4. The molecule has 1 aromatic rings. The van der Waals surface area contributed by atoms with E-state index in [2.05, 4.69) is 5.32 Å². The van der Waals surface area contributed by atoms with E-state index in [1.54, 1.807) is 26.8 Å². The topological polar surface area (TPSA) is 90.9 Å². The molecule has 0 aromatic heterocycles. The van der Waals surface area contributed by atoms with Gasteiger partial charge in [-0.2, -0.15) is 0 Å². The minimum atomic E-state index is -0.641. The van der Waals surface area contributed by atoms with E-state index in [0.717, 1.165) is 0 Å². The molecule has 140 valence electrons. The molecule has 1 N–H and O–H groups in total. The van der Waals surface area contributed by atoms with Gasteiger partial charge in [-0.3, -0.25) is 9.59 Å². The Hall–Kier alpha value is -2.48. The van der Waals surface area contributed by atoms with Gasteiger partial charge in [0, 0.05) is 18.4 Å². The Labute approximate surface area is 156 Å². The molecular weight excluding hydrogens is 358 g/mol. The first kappa shape index (κ1) is 19.8. The fraction of sp³-hybridized carbons (Fsp3) is 0.389. The second kappa shape index (κ2) is 8.75. The highest BCUT2D eigenvalue weighted by Crippen LogP contribution is 2.28. The van der Waals surface area contributed by atoms with Crippen molar-refractivity contribution in [1.82, 2.24) is 0 Å². The average molecular weight is 379 g/mol. The molecule has 0 saturated carbocycles. The highest BCUT2D eigenvalue weighted by atomic mass is 32.2. The van der Waals surface area contributed by atoms with Gasteiger partial charge in [-0.15, -0.1) is 11.8 Å². The Kier molecular flexibility index (Phi) is 6.68. The Bertz CT molecular complexity index is 756. The van der Waals surface area contributed by atoms with E-state index >= 15 is 0 Å². The first-order valence-electron chi connectivity index (χ1n) is 8.09. The Morgan fingerprint density at radius 3 is 2.62 bits per heavy atom. The summed E-state index contributed by atoms with van der Waals surface area (Å²) >= 11 is 1.41. The van der Waals surface area contributed by atoms with Gasteiger partial charge in [0.25, 0.3) is 5.91 Å². The second-order valence-corrected chi connectivity index (χ2v) is 6.90. The van der Waals surface area contributed by atoms with Crippen LogP contribution in [0.4, 0.5) is 5.69 Å². The summed E-state index contributed by atoms with van der Waals surface area (Å²) in [5.74, 6) is -0.190. The summed E-state index contributed by atoms with van der Waals surface area (Å²) in [4.78, 5) is 36.5. The third-order valence-corrected chi connectivity index (χ3v) is 4.36. The lowest BCUT2D eigenvalue weighted by Gasteiger charge is -2.18. The quantitative estimate of drug-likeness (QED) is 0.621. The van der Waals surface area contributed by atoms with E-state index in [-0.39, 0.29) is 23.3 Å². The first-order valence-corrected chi connectivity index (χ1v) is 9.07. The molecule has 0 radical (unpaired) electrons. The van der Waals surface area contributed by atoms with Crippen molar-refractivity contribution in [3.05, 3.63) is 34.4 Å². The van der Waals surface area contributed by atoms with Crippen LogP contribution < -0.4 is 10.1 Å². The van der Waals surface area contributed by atoms with Gasteiger partial charge in [-0.1, -0.05) is 0 Å². The van der Waals surface area contributed by atoms with Gasteiger partial charge in [0.15, 0.2) is 0 Å². The van der Waals surface area contributed by atoms with Crippen molar-refractivity contribution in [3.63, 3.8) is 0 Å². The predicted molar refractivity (Wildman–Crippen MR) is 98.0 cm³/mol. The molecule has 1 heterocycles. The summed E-state index contributed by atoms with van der Waals surface area (Å²) < 4.78 is 15.6. The lowest BCUT2D eigenvalue weighted by Crippen LogP contribution is -2.19. The molecule has 0 atom stereocenters. The zero-order valence-corrected chi connectivity index (χ0v) is 15.9. The van der Waals surface area contributed by atoms with Crippen molar-refractivity contribution in [2.45, 2.75) is 33.8 Å². The van der Waals surface area contributed by atoms with E-state index in [0.29, 0.717) is 28.7 Å². The molecule has 0 unspecified atom stereocenters. The molecule has 1 amide bonds. The van der Waals surface area contributed by atoms with Gasteiger partial charge in [-0.05, 0) is 39.0 Å². The molecular formula is C18H21NO6S. The van der Waals surface area contributed by atoms with Crippen LogP contribution in [0.25, 0.3) is 0 Å². The van der Waals surface area contributed by atoms with E-state index in [4.69, 9.17) is 14.2 Å². The molecule has 0 bridgehead atoms. The zero-order chi connectivity index (χ0) is 19.3. The number of rotatable bonds is 5. The largest absolute Gasteiger partial charge is 0.496 e. The van der Waals surface area contributed by atoms with Gasteiger partial charge in [0.1, 0.15) is 22.0 Å². The van der Waals surface area contributed by atoms with Crippen LogP contribution in [-0.2, 0) is 19.1 Å². The summed E-state index contributed by atoms with van der Waals surface area (Å²) in [5, 5.41) is 2.73. The van der Waals surface area contributed by atoms with E-state index < -0.39 is 11.9 Å². The van der Waals surface area contributed by atoms with Crippen LogP contribution in [0.2, 0.25) is 0 Å². The standard InChI is InChI=1S/C18H21NO6S/c1-10(2)24-18(22)14-9-13(5-6-15(14)25-12(4)20)19-17(21)16-11(3)23-7-8-26-16/h5-6,9-10H,7-8H2,1-4H3,(H,19,21). The number of amides is 1. The molecule has 0 aliphatic carbocycles. The summed E-state index contributed by atoms with van der Waals surface area (Å²) in [6.07, 6.45) is -0.338. The summed E-state index contributed by atoms with van der Waals surface area (Å²) in [7, 11) is 0. The maximum absolute atomic E-state index is 12.4. The fourth-order valence-electron chi connectivity index (χ4n) is 2.21. The Morgan fingerprint density at radius 2 is 2.00 bits per heavy atom. The molecule has 26 heavy (non-hydrogen) atoms. The minimum absolute atomic E-state index is 0.0601. The fourth-order valence-corrected chi connectivity index (χ4v) is 3.02. The van der Waals surface area contributed by atoms with E-state index in [1.807, 2.05) is 0 Å². The third-order valence-electron chi connectivity index (χ3n) is 3.23.